The molecule has 1 aliphatic carbocycles. The second kappa shape index (κ2) is 5.68. The Morgan fingerprint density at radius 1 is 1.50 bits per heavy atom. The summed E-state index contributed by atoms with van der Waals surface area (Å²) in [6.07, 6.45) is 3.57. The molecular formula is C12H20N4O2. The highest BCUT2D eigenvalue weighted by atomic mass is 16.5. The van der Waals surface area contributed by atoms with E-state index in [-0.39, 0.29) is 11.8 Å². The minimum atomic E-state index is -0.480. The van der Waals surface area contributed by atoms with Gasteiger partial charge in [0.15, 0.2) is 0 Å². The van der Waals surface area contributed by atoms with E-state index in [0.29, 0.717) is 11.3 Å². The molecule has 5 N–H and O–H groups in total. The number of carbonyl (C=O) groups is 1. The lowest BCUT2D eigenvalue weighted by Crippen LogP contribution is -2.21. The number of hydrogen-bond acceptors (Lipinski definition) is 6. The summed E-state index contributed by atoms with van der Waals surface area (Å²) in [6, 6.07) is 0. The van der Waals surface area contributed by atoms with Crippen molar-refractivity contribution in [3.63, 3.8) is 0 Å². The summed E-state index contributed by atoms with van der Waals surface area (Å²) in [5.41, 5.74) is 7.74. The van der Waals surface area contributed by atoms with Crippen LogP contribution in [0.2, 0.25) is 0 Å². The highest BCUT2D eigenvalue weighted by Gasteiger charge is 2.41. The van der Waals surface area contributed by atoms with Crippen molar-refractivity contribution >= 4 is 12.2 Å². The molecule has 0 heterocycles. The Morgan fingerprint density at radius 2 is 2.11 bits per heavy atom. The summed E-state index contributed by atoms with van der Waals surface area (Å²) in [4.78, 5) is 11.5. The van der Waals surface area contributed by atoms with Gasteiger partial charge in [0, 0.05) is 31.1 Å². The van der Waals surface area contributed by atoms with Crippen molar-refractivity contribution in [1.82, 2.24) is 5.01 Å². The smallest absolute Gasteiger partial charge is 0.339 e. The number of hydrazine groups is 1. The standard InChI is InChI=1S/C12H20N4O2/c1-7(10(5-13)12(17)18-3)8-4-9(8)11(14)6-16(2)15/h5-6,8-9,13H,4,14-15H2,1-3H3/b10-7-,11-6-,13-5?/t8-,9?/m0/s1. The number of carbonyl (C=O) groups excluding carboxylic acids is 1. The first kappa shape index (κ1) is 14.2. The van der Waals surface area contributed by atoms with Crippen LogP contribution in [0.5, 0.6) is 0 Å². The summed E-state index contributed by atoms with van der Waals surface area (Å²) < 4.78 is 4.64. The molecule has 18 heavy (non-hydrogen) atoms. The van der Waals surface area contributed by atoms with E-state index in [4.69, 9.17) is 17.0 Å². The van der Waals surface area contributed by atoms with E-state index >= 15 is 0 Å². The molecule has 2 atom stereocenters. The maximum Gasteiger partial charge on any atom is 0.339 e. The molecule has 0 aromatic heterocycles. The second-order valence-electron chi connectivity index (χ2n) is 4.48. The van der Waals surface area contributed by atoms with Crippen LogP contribution in [0.25, 0.3) is 0 Å². The van der Waals surface area contributed by atoms with Crippen molar-refractivity contribution in [3.8, 4) is 0 Å². The van der Waals surface area contributed by atoms with Gasteiger partial charge in [-0.3, -0.25) is 0 Å². The molecule has 0 saturated heterocycles. The van der Waals surface area contributed by atoms with Crippen LogP contribution >= 0.6 is 0 Å². The van der Waals surface area contributed by atoms with Gasteiger partial charge in [0.2, 0.25) is 0 Å². The molecule has 1 saturated carbocycles. The molecule has 0 aromatic rings. The zero-order valence-electron chi connectivity index (χ0n) is 10.9. The molecule has 0 aromatic carbocycles. The number of nitrogens with zero attached hydrogens (tertiary/aromatic N) is 1. The van der Waals surface area contributed by atoms with E-state index in [1.165, 1.54) is 12.1 Å². The largest absolute Gasteiger partial charge is 0.465 e. The average molecular weight is 252 g/mol. The third-order valence-electron chi connectivity index (χ3n) is 3.10. The minimum Gasteiger partial charge on any atom is -0.465 e. The van der Waals surface area contributed by atoms with Crippen molar-refractivity contribution in [1.29, 1.82) is 5.41 Å². The molecule has 0 spiro atoms. The first-order chi connectivity index (χ1) is 8.42. The summed E-state index contributed by atoms with van der Waals surface area (Å²) in [7, 11) is 3.01. The molecular weight excluding hydrogens is 232 g/mol. The maximum atomic E-state index is 11.5. The molecule has 1 aliphatic rings. The number of nitrogens with one attached hydrogen (secondary N) is 1. The topological polar surface area (TPSA) is 105 Å². The molecule has 1 unspecified atom stereocenters. The summed E-state index contributed by atoms with van der Waals surface area (Å²) in [6.45, 7) is 1.83. The molecule has 1 rings (SSSR count). The minimum absolute atomic E-state index is 0.190. The quantitative estimate of drug-likeness (QED) is 0.215. The van der Waals surface area contributed by atoms with Crippen LogP contribution < -0.4 is 11.6 Å². The van der Waals surface area contributed by atoms with E-state index in [1.54, 1.807) is 13.2 Å². The molecule has 100 valence electrons. The molecule has 6 nitrogen and oxygen atoms in total. The van der Waals surface area contributed by atoms with E-state index in [9.17, 15) is 4.79 Å². The van der Waals surface area contributed by atoms with Gasteiger partial charge >= 0.3 is 5.97 Å². The van der Waals surface area contributed by atoms with E-state index < -0.39 is 5.97 Å². The lowest BCUT2D eigenvalue weighted by atomic mass is 10.0. The van der Waals surface area contributed by atoms with Gasteiger partial charge in [-0.1, -0.05) is 5.57 Å². The van der Waals surface area contributed by atoms with Gasteiger partial charge in [0.05, 0.1) is 12.7 Å². The van der Waals surface area contributed by atoms with Crippen LogP contribution in [0.3, 0.4) is 0 Å². The molecule has 0 amide bonds. The van der Waals surface area contributed by atoms with Gasteiger partial charge in [-0.15, -0.1) is 0 Å². The fraction of sp³-hybridized carbons (Fsp3) is 0.500. The monoisotopic (exact) mass is 252 g/mol. The Kier molecular flexibility index (Phi) is 4.49. The Hall–Kier alpha value is -1.82. The Bertz CT molecular complexity index is 412. The number of methoxy groups -OCH3 is 1. The molecule has 0 radical (unpaired) electrons. The third-order valence-corrected chi connectivity index (χ3v) is 3.10. The van der Waals surface area contributed by atoms with Crippen LogP contribution in [0.15, 0.2) is 23.0 Å². The second-order valence-corrected chi connectivity index (χ2v) is 4.48. The van der Waals surface area contributed by atoms with Gasteiger partial charge in [0.1, 0.15) is 0 Å². The number of hydrogen-bond donors (Lipinski definition) is 3. The number of rotatable bonds is 5. The van der Waals surface area contributed by atoms with Crippen LogP contribution in [0.1, 0.15) is 13.3 Å². The predicted molar refractivity (Wildman–Crippen MR) is 69.3 cm³/mol. The van der Waals surface area contributed by atoms with E-state index in [0.717, 1.165) is 18.2 Å². The number of ether oxygens (including phenoxy) is 1. The Balaban J connectivity index is 2.83. The van der Waals surface area contributed by atoms with E-state index in [1.807, 2.05) is 6.92 Å². The Morgan fingerprint density at radius 3 is 2.56 bits per heavy atom. The van der Waals surface area contributed by atoms with Crippen LogP contribution in [0.4, 0.5) is 0 Å². The maximum absolute atomic E-state index is 11.5. The van der Waals surface area contributed by atoms with Crippen molar-refractivity contribution in [2.75, 3.05) is 14.2 Å². The zero-order chi connectivity index (χ0) is 13.9. The number of esters is 1. The number of nitrogens with two attached hydrogens (primary N) is 2. The van der Waals surface area contributed by atoms with Gasteiger partial charge in [0.25, 0.3) is 0 Å². The normalized spacial score (nSPS) is 24.1. The van der Waals surface area contributed by atoms with Crippen LogP contribution in [-0.2, 0) is 9.53 Å². The summed E-state index contributed by atoms with van der Waals surface area (Å²) >= 11 is 0. The van der Waals surface area contributed by atoms with Crippen molar-refractivity contribution in [2.24, 2.45) is 23.4 Å². The van der Waals surface area contributed by atoms with Crippen molar-refractivity contribution < 1.29 is 9.53 Å². The van der Waals surface area contributed by atoms with Gasteiger partial charge in [-0.05, 0) is 19.3 Å². The van der Waals surface area contributed by atoms with Gasteiger partial charge in [-0.25, -0.2) is 10.6 Å². The zero-order valence-corrected chi connectivity index (χ0v) is 10.9. The predicted octanol–water partition coefficient (Wildman–Crippen LogP) is 0.367. The van der Waals surface area contributed by atoms with Crippen molar-refractivity contribution in [2.45, 2.75) is 13.3 Å². The SMILES string of the molecule is COC(=O)/C(C=N)=C(/C)[C@@H]1CC1/C(N)=C/N(C)N. The molecule has 0 bridgehead atoms. The first-order valence-corrected chi connectivity index (χ1v) is 5.66. The molecule has 6 heteroatoms. The Labute approximate surface area is 107 Å². The van der Waals surface area contributed by atoms with Gasteiger partial charge < -0.3 is 20.9 Å². The third kappa shape index (κ3) is 3.10. The lowest BCUT2D eigenvalue weighted by molar-refractivity contribution is -0.135. The highest BCUT2D eigenvalue weighted by Crippen LogP contribution is 2.48. The average Bonchev–Trinajstić information content (AvgIpc) is 3.08. The van der Waals surface area contributed by atoms with Crippen molar-refractivity contribution in [3.05, 3.63) is 23.0 Å². The molecule has 1 fully saturated rings. The van der Waals surface area contributed by atoms with Gasteiger partial charge in [-0.2, -0.15) is 0 Å². The summed E-state index contributed by atoms with van der Waals surface area (Å²) in [5.74, 6) is 5.39. The highest BCUT2D eigenvalue weighted by molar-refractivity contribution is 6.09. The first-order valence-electron chi connectivity index (χ1n) is 5.66. The van der Waals surface area contributed by atoms with E-state index in [2.05, 4.69) is 4.74 Å². The van der Waals surface area contributed by atoms with Crippen LogP contribution in [-0.4, -0.2) is 31.4 Å². The fourth-order valence-electron chi connectivity index (χ4n) is 2.02. The number of allylic oxidation sites excluding steroid dienone is 2. The fourth-order valence-corrected chi connectivity index (χ4v) is 2.02. The summed E-state index contributed by atoms with van der Waals surface area (Å²) in [5, 5.41) is 8.68. The molecule has 0 aliphatic heterocycles. The lowest BCUT2D eigenvalue weighted by Gasteiger charge is -2.09. The van der Waals surface area contributed by atoms with Crippen LogP contribution in [0, 0.1) is 17.2 Å².